The Morgan fingerprint density at radius 3 is 2.21 bits per heavy atom. The highest BCUT2D eigenvalue weighted by Crippen LogP contribution is 2.23. The number of aliphatic hydroxyl groups excluding tert-OH is 1. The van der Waals surface area contributed by atoms with Crippen molar-refractivity contribution in [1.82, 2.24) is 5.32 Å². The molecule has 2 nitrogen and oxygen atoms in total. The van der Waals surface area contributed by atoms with Crippen LogP contribution in [-0.4, -0.2) is 23.8 Å². The lowest BCUT2D eigenvalue weighted by Crippen LogP contribution is -2.34. The zero-order chi connectivity index (χ0) is 10.4. The highest BCUT2D eigenvalue weighted by Gasteiger charge is 2.19. The van der Waals surface area contributed by atoms with E-state index in [-0.39, 0.29) is 6.10 Å². The molecule has 2 N–H and O–H groups in total. The van der Waals surface area contributed by atoms with E-state index in [0.717, 1.165) is 25.3 Å². The van der Waals surface area contributed by atoms with Crippen LogP contribution in [0, 0.1) is 5.92 Å². The first-order valence-electron chi connectivity index (χ1n) is 6.17. The molecule has 14 heavy (non-hydrogen) atoms. The summed E-state index contributed by atoms with van der Waals surface area (Å²) in [7, 11) is 0. The summed E-state index contributed by atoms with van der Waals surface area (Å²) in [4.78, 5) is 0. The van der Waals surface area contributed by atoms with E-state index in [4.69, 9.17) is 0 Å². The summed E-state index contributed by atoms with van der Waals surface area (Å²) in [6, 6.07) is 0.696. The monoisotopic (exact) mass is 199 g/mol. The maximum absolute atomic E-state index is 9.38. The minimum atomic E-state index is -0.0144. The molecule has 1 rings (SSSR count). The third-order valence-corrected chi connectivity index (χ3v) is 3.50. The van der Waals surface area contributed by atoms with E-state index in [2.05, 4.69) is 19.2 Å². The van der Waals surface area contributed by atoms with Gasteiger partial charge >= 0.3 is 0 Å². The van der Waals surface area contributed by atoms with Gasteiger partial charge in [0, 0.05) is 6.04 Å². The minimum absolute atomic E-state index is 0.0144. The molecule has 1 aliphatic rings. The molecule has 0 aromatic heterocycles. The van der Waals surface area contributed by atoms with Crippen LogP contribution in [0.1, 0.15) is 52.4 Å². The highest BCUT2D eigenvalue weighted by molar-refractivity contribution is 4.74. The number of nitrogens with one attached hydrogen (secondary N) is 1. The first-order valence-corrected chi connectivity index (χ1v) is 6.17. The molecule has 0 aromatic rings. The number of aliphatic hydroxyl groups is 1. The maximum Gasteiger partial charge on any atom is 0.0540 e. The fraction of sp³-hybridized carbons (Fsp3) is 1.00. The van der Waals surface area contributed by atoms with Gasteiger partial charge in [-0.2, -0.15) is 0 Å². The van der Waals surface area contributed by atoms with Crippen LogP contribution in [0.25, 0.3) is 0 Å². The second-order valence-corrected chi connectivity index (χ2v) is 4.60. The molecule has 84 valence electrons. The molecule has 0 heterocycles. The summed E-state index contributed by atoms with van der Waals surface area (Å²) >= 11 is 0. The van der Waals surface area contributed by atoms with E-state index in [1.54, 1.807) is 0 Å². The fourth-order valence-corrected chi connectivity index (χ4v) is 2.26. The number of hydrogen-bond acceptors (Lipinski definition) is 2. The van der Waals surface area contributed by atoms with E-state index in [9.17, 15) is 5.11 Å². The summed E-state index contributed by atoms with van der Waals surface area (Å²) in [5.41, 5.74) is 0. The Morgan fingerprint density at radius 2 is 1.71 bits per heavy atom. The summed E-state index contributed by atoms with van der Waals surface area (Å²) in [6.07, 6.45) is 6.87. The predicted molar refractivity (Wildman–Crippen MR) is 60.3 cm³/mol. The Bertz CT molecular complexity index is 137. The molecule has 0 radical (unpaired) electrons. The topological polar surface area (TPSA) is 32.3 Å². The number of hydrogen-bond donors (Lipinski definition) is 2. The van der Waals surface area contributed by atoms with Crippen LogP contribution in [0.4, 0.5) is 0 Å². The van der Waals surface area contributed by atoms with Crippen LogP contribution in [-0.2, 0) is 0 Å². The van der Waals surface area contributed by atoms with Gasteiger partial charge in [-0.15, -0.1) is 0 Å². The van der Waals surface area contributed by atoms with Crippen molar-refractivity contribution in [2.75, 3.05) is 6.54 Å². The van der Waals surface area contributed by atoms with Crippen LogP contribution in [0.5, 0.6) is 0 Å². The molecular formula is C12H25NO. The van der Waals surface area contributed by atoms with Crippen LogP contribution in [0.15, 0.2) is 0 Å². The van der Waals surface area contributed by atoms with E-state index in [1.807, 2.05) is 0 Å². The van der Waals surface area contributed by atoms with Gasteiger partial charge in [-0.1, -0.05) is 13.8 Å². The lowest BCUT2D eigenvalue weighted by Gasteiger charge is -2.27. The molecule has 0 aromatic carbocycles. The smallest absolute Gasteiger partial charge is 0.0540 e. The molecule has 1 saturated carbocycles. The van der Waals surface area contributed by atoms with Crippen LogP contribution in [0.2, 0.25) is 0 Å². The van der Waals surface area contributed by atoms with Gasteiger partial charge in [0.1, 0.15) is 0 Å². The van der Waals surface area contributed by atoms with Crippen molar-refractivity contribution >= 4 is 0 Å². The second kappa shape index (κ2) is 6.41. The zero-order valence-electron chi connectivity index (χ0n) is 9.63. The third-order valence-electron chi connectivity index (χ3n) is 3.50. The Labute approximate surface area is 88.1 Å². The third kappa shape index (κ3) is 3.97. The largest absolute Gasteiger partial charge is 0.393 e. The van der Waals surface area contributed by atoms with Gasteiger partial charge in [-0.05, 0) is 51.0 Å². The molecule has 0 aliphatic heterocycles. The van der Waals surface area contributed by atoms with Crippen LogP contribution in [0.3, 0.4) is 0 Å². The summed E-state index contributed by atoms with van der Waals surface area (Å²) in [5, 5.41) is 13.0. The summed E-state index contributed by atoms with van der Waals surface area (Å²) < 4.78 is 0. The molecule has 0 atom stereocenters. The molecule has 0 unspecified atom stereocenters. The molecule has 0 amide bonds. The van der Waals surface area contributed by atoms with Crippen molar-refractivity contribution in [3.05, 3.63) is 0 Å². The standard InChI is InChI=1S/C12H25NO/c1-3-11(4-2)13-9-10-5-7-12(14)8-6-10/h10-14H,3-9H2,1-2H3. The average Bonchev–Trinajstić information content (AvgIpc) is 2.22. The summed E-state index contributed by atoms with van der Waals surface area (Å²) in [5.74, 6) is 0.805. The Morgan fingerprint density at radius 1 is 1.14 bits per heavy atom. The van der Waals surface area contributed by atoms with Gasteiger partial charge in [0.2, 0.25) is 0 Å². The fourth-order valence-electron chi connectivity index (χ4n) is 2.26. The molecule has 2 heteroatoms. The lowest BCUT2D eigenvalue weighted by atomic mass is 9.87. The zero-order valence-corrected chi connectivity index (χ0v) is 9.63. The average molecular weight is 199 g/mol. The van der Waals surface area contributed by atoms with Crippen molar-refractivity contribution in [2.24, 2.45) is 5.92 Å². The summed E-state index contributed by atoms with van der Waals surface area (Å²) in [6.45, 7) is 5.64. The van der Waals surface area contributed by atoms with Crippen molar-refractivity contribution in [2.45, 2.75) is 64.5 Å². The molecular weight excluding hydrogens is 174 g/mol. The number of rotatable bonds is 5. The highest BCUT2D eigenvalue weighted by atomic mass is 16.3. The van der Waals surface area contributed by atoms with Crippen molar-refractivity contribution < 1.29 is 5.11 Å². The Balaban J connectivity index is 2.12. The Hall–Kier alpha value is -0.0800. The van der Waals surface area contributed by atoms with Crippen LogP contribution < -0.4 is 5.32 Å². The van der Waals surface area contributed by atoms with E-state index >= 15 is 0 Å². The van der Waals surface area contributed by atoms with Gasteiger partial charge in [-0.3, -0.25) is 0 Å². The van der Waals surface area contributed by atoms with Gasteiger partial charge in [0.15, 0.2) is 0 Å². The van der Waals surface area contributed by atoms with E-state index in [0.29, 0.717) is 6.04 Å². The van der Waals surface area contributed by atoms with E-state index < -0.39 is 0 Å². The molecule has 1 aliphatic carbocycles. The van der Waals surface area contributed by atoms with Crippen LogP contribution >= 0.6 is 0 Å². The van der Waals surface area contributed by atoms with Gasteiger partial charge in [-0.25, -0.2) is 0 Å². The normalized spacial score (nSPS) is 28.3. The molecule has 0 saturated heterocycles. The van der Waals surface area contributed by atoms with Gasteiger partial charge < -0.3 is 10.4 Å². The first-order chi connectivity index (χ1) is 6.76. The minimum Gasteiger partial charge on any atom is -0.393 e. The second-order valence-electron chi connectivity index (χ2n) is 4.60. The molecule has 1 fully saturated rings. The predicted octanol–water partition coefficient (Wildman–Crippen LogP) is 2.32. The maximum atomic E-state index is 9.38. The SMILES string of the molecule is CCC(CC)NCC1CCC(O)CC1. The Kier molecular flexibility index (Phi) is 5.49. The van der Waals surface area contributed by atoms with Gasteiger partial charge in [0.25, 0.3) is 0 Å². The molecule has 0 spiro atoms. The first kappa shape index (κ1) is 12.0. The van der Waals surface area contributed by atoms with E-state index in [1.165, 1.54) is 25.7 Å². The lowest BCUT2D eigenvalue weighted by molar-refractivity contribution is 0.107. The van der Waals surface area contributed by atoms with Crippen molar-refractivity contribution in [3.8, 4) is 0 Å². The van der Waals surface area contributed by atoms with Crippen molar-refractivity contribution in [1.29, 1.82) is 0 Å². The van der Waals surface area contributed by atoms with Crippen molar-refractivity contribution in [3.63, 3.8) is 0 Å². The van der Waals surface area contributed by atoms with Gasteiger partial charge in [0.05, 0.1) is 6.10 Å². The molecule has 0 bridgehead atoms. The quantitative estimate of drug-likeness (QED) is 0.712.